The first-order valence-corrected chi connectivity index (χ1v) is 18.6. The highest BCUT2D eigenvalue weighted by Crippen LogP contribution is 2.66. The molecule has 5 rings (SSSR count). The molecule has 0 saturated carbocycles. The standard InChI is InChI=1S/C24H30N7O15P3/c1-3-30(4-2)13-6-5-12-7-14(24(34)44-15(12)8-13)22(33)29-17-16(9-42-48(38,39)46-49(40,41)45-47(35,36)37)43-23(19(17)32)31-11-28-18-20(25)26-10-27-21(18)31/h5-8,10-11,16-17,19,23,32H,3-4,9H2,1-2H3,(H,29,33)(H,38,39)(H,40,41)(H2,25,26,27)(H2,35,36,37)/t16-,17-,19-,23-/m1/s1. The first-order valence-electron chi connectivity index (χ1n) is 14.1. The molecule has 1 fully saturated rings. The molecular weight excluding hydrogens is 719 g/mol. The molecule has 0 bridgehead atoms. The Kier molecular flexibility index (Phi) is 10.4. The monoisotopic (exact) mass is 749 g/mol. The second-order valence-electron chi connectivity index (χ2n) is 10.4. The predicted octanol–water partition coefficient (Wildman–Crippen LogP) is 0.761. The number of imidazole rings is 1. The summed E-state index contributed by atoms with van der Waals surface area (Å²) in [7, 11) is -17.2. The molecule has 25 heteroatoms. The van der Waals surface area contributed by atoms with Crippen LogP contribution in [0, 0.1) is 0 Å². The number of phosphoric ester groups is 1. The number of nitrogens with zero attached hydrogens (tertiary/aromatic N) is 5. The third-order valence-corrected chi connectivity index (χ3v) is 11.0. The molecule has 2 unspecified atom stereocenters. The number of aliphatic hydroxyl groups is 1. The SMILES string of the molecule is CCN(CC)c1ccc2cc(C(=O)N[C@H]3[C@@H](O)[C@H](n4cnc5c(N)ncnc54)O[C@@H]3COP(=O)(O)OP(=O)(O)OP(=O)(O)O)c(=O)oc2c1. The first kappa shape index (κ1) is 36.7. The van der Waals surface area contributed by atoms with Crippen molar-refractivity contribution in [2.45, 2.75) is 38.3 Å². The molecule has 1 aliphatic rings. The van der Waals surface area contributed by atoms with Crippen LogP contribution in [0.25, 0.3) is 22.1 Å². The van der Waals surface area contributed by atoms with Gasteiger partial charge in [0.15, 0.2) is 17.7 Å². The largest absolute Gasteiger partial charge is 0.490 e. The van der Waals surface area contributed by atoms with E-state index in [-0.39, 0.29) is 22.6 Å². The molecule has 0 radical (unpaired) electrons. The van der Waals surface area contributed by atoms with Gasteiger partial charge in [-0.15, -0.1) is 0 Å². The van der Waals surface area contributed by atoms with Gasteiger partial charge < -0.3 is 49.8 Å². The average molecular weight is 749 g/mol. The van der Waals surface area contributed by atoms with Crippen LogP contribution in [0.2, 0.25) is 0 Å². The van der Waals surface area contributed by atoms with E-state index >= 15 is 0 Å². The summed E-state index contributed by atoms with van der Waals surface area (Å²) in [6.45, 7) is 4.23. The molecular formula is C24H30N7O15P3. The molecule has 22 nitrogen and oxygen atoms in total. The fraction of sp³-hybridized carbons (Fsp3) is 0.375. The zero-order valence-electron chi connectivity index (χ0n) is 25.4. The number of aliphatic hydroxyl groups excluding tert-OH is 1. The van der Waals surface area contributed by atoms with Gasteiger partial charge in [0.05, 0.1) is 19.0 Å². The lowest BCUT2D eigenvalue weighted by molar-refractivity contribution is -0.0483. The number of hydrogen-bond donors (Lipinski definition) is 7. The highest BCUT2D eigenvalue weighted by molar-refractivity contribution is 7.66. The molecule has 1 amide bonds. The number of rotatable bonds is 13. The fourth-order valence-electron chi connectivity index (χ4n) is 5.09. The van der Waals surface area contributed by atoms with E-state index in [9.17, 15) is 38.2 Å². The summed E-state index contributed by atoms with van der Waals surface area (Å²) < 4.78 is 59.8. The maximum absolute atomic E-state index is 13.5. The highest BCUT2D eigenvalue weighted by atomic mass is 31.3. The maximum atomic E-state index is 13.5. The van der Waals surface area contributed by atoms with Gasteiger partial charge in [0, 0.05) is 30.2 Å². The molecule has 0 aliphatic carbocycles. The summed E-state index contributed by atoms with van der Waals surface area (Å²) in [5, 5.41) is 14.2. The molecule has 1 aromatic carbocycles. The minimum absolute atomic E-state index is 0.0162. The van der Waals surface area contributed by atoms with Crippen molar-refractivity contribution >= 4 is 63.0 Å². The van der Waals surface area contributed by atoms with Gasteiger partial charge in [0.2, 0.25) is 0 Å². The Labute approximate surface area is 274 Å². The van der Waals surface area contributed by atoms with E-state index < -0.39 is 71.6 Å². The number of phosphoric acid groups is 3. The number of anilines is 2. The Morgan fingerprint density at radius 3 is 2.45 bits per heavy atom. The van der Waals surface area contributed by atoms with Crippen molar-refractivity contribution in [3.05, 3.63) is 52.9 Å². The van der Waals surface area contributed by atoms with Gasteiger partial charge >= 0.3 is 29.1 Å². The van der Waals surface area contributed by atoms with Gasteiger partial charge in [-0.25, -0.2) is 33.4 Å². The molecule has 6 atom stereocenters. The normalized spacial score (nSPS) is 22.2. The lowest BCUT2D eigenvalue weighted by Gasteiger charge is -2.23. The number of amides is 1. The van der Waals surface area contributed by atoms with Crippen molar-refractivity contribution in [2.75, 3.05) is 30.3 Å². The van der Waals surface area contributed by atoms with Crippen LogP contribution in [0.5, 0.6) is 0 Å². The Morgan fingerprint density at radius 2 is 1.78 bits per heavy atom. The number of carbonyl (C=O) groups excluding carboxylic acids is 1. The van der Waals surface area contributed by atoms with Crippen molar-refractivity contribution in [1.82, 2.24) is 24.8 Å². The van der Waals surface area contributed by atoms with Gasteiger partial charge in [0.1, 0.15) is 35.2 Å². The zero-order chi connectivity index (χ0) is 35.9. The van der Waals surface area contributed by atoms with Crippen molar-refractivity contribution in [1.29, 1.82) is 0 Å². The van der Waals surface area contributed by atoms with Gasteiger partial charge in [-0.2, -0.15) is 8.62 Å². The van der Waals surface area contributed by atoms with E-state index in [1.165, 1.54) is 17.0 Å². The summed E-state index contributed by atoms with van der Waals surface area (Å²) in [5.74, 6) is -1.07. The van der Waals surface area contributed by atoms with Crippen LogP contribution >= 0.6 is 23.5 Å². The van der Waals surface area contributed by atoms with E-state index in [4.69, 9.17) is 29.2 Å². The number of nitrogen functional groups attached to an aromatic ring is 1. The Bertz CT molecular complexity index is 2080. The summed E-state index contributed by atoms with van der Waals surface area (Å²) >= 11 is 0. The first-order chi connectivity index (χ1) is 22.9. The van der Waals surface area contributed by atoms with E-state index in [0.29, 0.717) is 18.5 Å². The van der Waals surface area contributed by atoms with E-state index in [1.54, 1.807) is 18.2 Å². The molecule has 1 saturated heterocycles. The van der Waals surface area contributed by atoms with Gasteiger partial charge in [-0.1, -0.05) is 0 Å². The molecule has 1 aliphatic heterocycles. The van der Waals surface area contributed by atoms with Gasteiger partial charge in [0.25, 0.3) is 5.91 Å². The van der Waals surface area contributed by atoms with Crippen molar-refractivity contribution in [3.8, 4) is 0 Å². The van der Waals surface area contributed by atoms with Crippen molar-refractivity contribution < 1.29 is 65.5 Å². The average Bonchev–Trinajstić information content (AvgIpc) is 3.56. The highest BCUT2D eigenvalue weighted by Gasteiger charge is 2.48. The van der Waals surface area contributed by atoms with Crippen LogP contribution in [0.15, 0.2) is 46.1 Å². The Hall–Kier alpha value is -3.62. The fourth-order valence-corrected chi connectivity index (χ4v) is 8.12. The number of aromatic nitrogens is 4. The van der Waals surface area contributed by atoms with E-state index in [1.807, 2.05) is 18.7 Å². The van der Waals surface area contributed by atoms with Crippen molar-refractivity contribution in [2.24, 2.45) is 0 Å². The van der Waals surface area contributed by atoms with Crippen LogP contribution < -0.4 is 21.6 Å². The molecule has 49 heavy (non-hydrogen) atoms. The molecule has 4 heterocycles. The second-order valence-corrected chi connectivity index (χ2v) is 14.8. The van der Waals surface area contributed by atoms with Crippen LogP contribution in [-0.2, 0) is 31.6 Å². The number of ether oxygens (including phenoxy) is 1. The number of nitrogens with one attached hydrogen (secondary N) is 1. The topological polar surface area (TPSA) is 321 Å². The summed E-state index contributed by atoms with van der Waals surface area (Å²) in [6.07, 6.45) is -2.44. The quantitative estimate of drug-likeness (QED) is 0.0732. The van der Waals surface area contributed by atoms with Crippen LogP contribution in [0.1, 0.15) is 30.4 Å². The van der Waals surface area contributed by atoms with Crippen LogP contribution in [0.3, 0.4) is 0 Å². The van der Waals surface area contributed by atoms with Gasteiger partial charge in [-0.05, 0) is 32.0 Å². The second kappa shape index (κ2) is 13.9. The third kappa shape index (κ3) is 8.24. The molecule has 266 valence electrons. The lowest BCUT2D eigenvalue weighted by atomic mass is 10.1. The maximum Gasteiger partial charge on any atom is 0.490 e. The van der Waals surface area contributed by atoms with Crippen LogP contribution in [0.4, 0.5) is 11.5 Å². The molecule has 0 spiro atoms. The Balaban J connectivity index is 1.43. The lowest BCUT2D eigenvalue weighted by Crippen LogP contribution is -2.49. The smallest absolute Gasteiger partial charge is 0.422 e. The number of fused-ring (bicyclic) bond motifs is 2. The molecule has 3 aromatic heterocycles. The minimum atomic E-state index is -5.86. The third-order valence-electron chi connectivity index (χ3n) is 7.24. The summed E-state index contributed by atoms with van der Waals surface area (Å²) in [5.41, 5.74) is 5.53. The van der Waals surface area contributed by atoms with Crippen molar-refractivity contribution in [3.63, 3.8) is 0 Å². The molecule has 4 aromatic rings. The predicted molar refractivity (Wildman–Crippen MR) is 167 cm³/mol. The zero-order valence-corrected chi connectivity index (χ0v) is 28.1. The summed E-state index contributed by atoms with van der Waals surface area (Å²) in [4.78, 5) is 77.4. The summed E-state index contributed by atoms with van der Waals surface area (Å²) in [6, 6.07) is 4.80. The number of benzene rings is 1. The van der Waals surface area contributed by atoms with E-state index in [2.05, 4.69) is 28.9 Å². The number of carbonyl (C=O) groups is 1. The van der Waals surface area contributed by atoms with Crippen LogP contribution in [-0.4, -0.2) is 88.1 Å². The molecule has 8 N–H and O–H groups in total. The van der Waals surface area contributed by atoms with Gasteiger partial charge in [-0.3, -0.25) is 13.9 Å². The Morgan fingerprint density at radius 1 is 1.06 bits per heavy atom. The van der Waals surface area contributed by atoms with E-state index in [0.717, 1.165) is 12.0 Å². The number of nitrogens with two attached hydrogens (primary N) is 1. The minimum Gasteiger partial charge on any atom is -0.422 e. The number of hydrogen-bond acceptors (Lipinski definition) is 16.